The van der Waals surface area contributed by atoms with Gasteiger partial charge in [0.2, 0.25) is 0 Å². The molecule has 104 valence electrons. The molecule has 2 rings (SSSR count). The number of rotatable bonds is 4. The monoisotopic (exact) mass is 275 g/mol. The normalized spacial score (nSPS) is 10.4. The molecule has 0 bridgehead atoms. The third kappa shape index (κ3) is 3.20. The zero-order valence-electron chi connectivity index (χ0n) is 11.3. The Kier molecular flexibility index (Phi) is 4.13. The average Bonchev–Trinajstić information content (AvgIpc) is 2.43. The molecule has 1 N–H and O–H groups in total. The van der Waals surface area contributed by atoms with Gasteiger partial charge in [0.15, 0.2) is 17.4 Å². The molecule has 0 saturated heterocycles. The van der Waals surface area contributed by atoms with Crippen LogP contribution in [0.25, 0.3) is 0 Å². The molecule has 0 aliphatic heterocycles. The summed E-state index contributed by atoms with van der Waals surface area (Å²) in [4.78, 5) is 11.9. The van der Waals surface area contributed by atoms with Gasteiger partial charge < -0.3 is 5.32 Å². The van der Waals surface area contributed by atoms with Gasteiger partial charge in [-0.2, -0.15) is 0 Å². The molecule has 0 fully saturated rings. The summed E-state index contributed by atoms with van der Waals surface area (Å²) in [6.45, 7) is 4.02. The maximum Gasteiger partial charge on any atom is 0.181 e. The molecule has 20 heavy (non-hydrogen) atoms. The summed E-state index contributed by atoms with van der Waals surface area (Å²) < 4.78 is 25.8. The fraction of sp³-hybridized carbons (Fsp3) is 0.188. The van der Waals surface area contributed by atoms with E-state index in [1.54, 1.807) is 0 Å². The first-order valence-corrected chi connectivity index (χ1v) is 6.27. The van der Waals surface area contributed by atoms with Crippen LogP contribution in [0.2, 0.25) is 0 Å². The number of anilines is 1. The molecular weight excluding hydrogens is 260 g/mol. The Hall–Kier alpha value is -2.23. The van der Waals surface area contributed by atoms with E-state index < -0.39 is 11.6 Å². The van der Waals surface area contributed by atoms with E-state index in [-0.39, 0.29) is 17.9 Å². The lowest BCUT2D eigenvalue weighted by atomic mass is 10.1. The Morgan fingerprint density at radius 3 is 2.40 bits per heavy atom. The topological polar surface area (TPSA) is 29.1 Å². The Morgan fingerprint density at radius 1 is 1.00 bits per heavy atom. The Morgan fingerprint density at radius 2 is 1.75 bits per heavy atom. The predicted octanol–water partition coefficient (Wildman–Crippen LogP) is 3.88. The van der Waals surface area contributed by atoms with Crippen molar-refractivity contribution in [2.24, 2.45) is 0 Å². The first-order valence-electron chi connectivity index (χ1n) is 6.27. The van der Waals surface area contributed by atoms with E-state index in [4.69, 9.17) is 0 Å². The third-order valence-electron chi connectivity index (χ3n) is 3.20. The van der Waals surface area contributed by atoms with Crippen LogP contribution in [-0.2, 0) is 0 Å². The molecule has 0 radical (unpaired) electrons. The van der Waals surface area contributed by atoms with Crippen molar-refractivity contribution in [3.05, 3.63) is 64.7 Å². The van der Waals surface area contributed by atoms with Crippen molar-refractivity contribution in [2.45, 2.75) is 13.8 Å². The number of carbonyl (C=O) groups is 1. The molecule has 0 heterocycles. The molecule has 0 aliphatic rings. The summed E-state index contributed by atoms with van der Waals surface area (Å²) in [6, 6.07) is 8.93. The summed E-state index contributed by atoms with van der Waals surface area (Å²) in [6.07, 6.45) is 0. The van der Waals surface area contributed by atoms with Gasteiger partial charge in [-0.3, -0.25) is 4.79 Å². The van der Waals surface area contributed by atoms with Crippen molar-refractivity contribution in [1.82, 2.24) is 0 Å². The lowest BCUT2D eigenvalue weighted by Crippen LogP contribution is -2.14. The second kappa shape index (κ2) is 5.82. The van der Waals surface area contributed by atoms with Crippen LogP contribution in [0.3, 0.4) is 0 Å². The Balaban J connectivity index is 2.04. The van der Waals surface area contributed by atoms with Crippen LogP contribution in [-0.4, -0.2) is 12.3 Å². The van der Waals surface area contributed by atoms with E-state index in [1.165, 1.54) is 11.6 Å². The van der Waals surface area contributed by atoms with Gasteiger partial charge in [0.05, 0.1) is 6.54 Å². The molecule has 0 unspecified atom stereocenters. The minimum atomic E-state index is -1.01. The molecule has 0 aliphatic carbocycles. The van der Waals surface area contributed by atoms with Crippen molar-refractivity contribution in [2.75, 3.05) is 11.9 Å². The van der Waals surface area contributed by atoms with Crippen molar-refractivity contribution in [3.63, 3.8) is 0 Å². The maximum atomic E-state index is 13.1. The molecule has 0 saturated carbocycles. The maximum absolute atomic E-state index is 13.1. The summed E-state index contributed by atoms with van der Waals surface area (Å²) >= 11 is 0. The van der Waals surface area contributed by atoms with E-state index in [0.29, 0.717) is 0 Å². The average molecular weight is 275 g/mol. The van der Waals surface area contributed by atoms with Crippen molar-refractivity contribution in [3.8, 4) is 0 Å². The standard InChI is InChI=1S/C16H15F2NO/c1-10-3-5-13(7-11(10)2)19-9-16(20)12-4-6-14(17)15(18)8-12/h3-8,19H,9H2,1-2H3. The van der Waals surface area contributed by atoms with Gasteiger partial charge in [0.25, 0.3) is 0 Å². The number of nitrogens with one attached hydrogen (secondary N) is 1. The number of hydrogen-bond donors (Lipinski definition) is 1. The number of ketones is 1. The van der Waals surface area contributed by atoms with Gasteiger partial charge in [-0.15, -0.1) is 0 Å². The molecule has 0 atom stereocenters. The summed E-state index contributed by atoms with van der Waals surface area (Å²) in [5.74, 6) is -2.26. The molecule has 2 aromatic rings. The zero-order valence-corrected chi connectivity index (χ0v) is 11.3. The fourth-order valence-corrected chi connectivity index (χ4v) is 1.81. The van der Waals surface area contributed by atoms with Crippen molar-refractivity contribution < 1.29 is 13.6 Å². The van der Waals surface area contributed by atoms with E-state index in [9.17, 15) is 13.6 Å². The van der Waals surface area contributed by atoms with Gasteiger partial charge in [0.1, 0.15) is 0 Å². The second-order valence-corrected chi connectivity index (χ2v) is 4.70. The highest BCUT2D eigenvalue weighted by Crippen LogP contribution is 2.14. The van der Waals surface area contributed by atoms with Gasteiger partial charge in [-0.05, 0) is 55.3 Å². The van der Waals surface area contributed by atoms with Gasteiger partial charge in [-0.25, -0.2) is 8.78 Å². The van der Waals surface area contributed by atoms with Crippen LogP contribution in [0.15, 0.2) is 36.4 Å². The van der Waals surface area contributed by atoms with Crippen molar-refractivity contribution >= 4 is 11.5 Å². The number of carbonyl (C=O) groups excluding carboxylic acids is 1. The zero-order chi connectivity index (χ0) is 14.7. The first-order chi connectivity index (χ1) is 9.47. The Bertz CT molecular complexity index is 653. The van der Waals surface area contributed by atoms with Crippen molar-refractivity contribution in [1.29, 1.82) is 0 Å². The lowest BCUT2D eigenvalue weighted by Gasteiger charge is -2.08. The van der Waals surface area contributed by atoms with E-state index in [2.05, 4.69) is 5.32 Å². The summed E-state index contributed by atoms with van der Waals surface area (Å²) in [5.41, 5.74) is 3.27. The van der Waals surface area contributed by atoms with Crippen LogP contribution in [0, 0.1) is 25.5 Å². The SMILES string of the molecule is Cc1ccc(NCC(=O)c2ccc(F)c(F)c2)cc1C. The number of hydrogen-bond acceptors (Lipinski definition) is 2. The summed E-state index contributed by atoms with van der Waals surface area (Å²) in [5, 5.41) is 2.98. The van der Waals surface area contributed by atoms with Crippen LogP contribution in [0.5, 0.6) is 0 Å². The van der Waals surface area contributed by atoms with Gasteiger partial charge >= 0.3 is 0 Å². The molecule has 2 nitrogen and oxygen atoms in total. The van der Waals surface area contributed by atoms with E-state index in [1.807, 2.05) is 32.0 Å². The molecule has 2 aromatic carbocycles. The minimum absolute atomic E-state index is 0.0353. The highest BCUT2D eigenvalue weighted by molar-refractivity contribution is 5.98. The largest absolute Gasteiger partial charge is 0.378 e. The molecule has 0 spiro atoms. The Labute approximate surface area is 116 Å². The highest BCUT2D eigenvalue weighted by atomic mass is 19.2. The van der Waals surface area contributed by atoms with Crippen LogP contribution >= 0.6 is 0 Å². The van der Waals surface area contributed by atoms with Crippen LogP contribution in [0.4, 0.5) is 14.5 Å². The summed E-state index contributed by atoms with van der Waals surface area (Å²) in [7, 11) is 0. The minimum Gasteiger partial charge on any atom is -0.378 e. The smallest absolute Gasteiger partial charge is 0.181 e. The van der Waals surface area contributed by atoms with Crippen LogP contribution < -0.4 is 5.32 Å². The fourth-order valence-electron chi connectivity index (χ4n) is 1.81. The predicted molar refractivity (Wildman–Crippen MR) is 75.1 cm³/mol. The van der Waals surface area contributed by atoms with Gasteiger partial charge in [0, 0.05) is 11.3 Å². The molecule has 4 heteroatoms. The molecular formula is C16H15F2NO. The third-order valence-corrected chi connectivity index (χ3v) is 3.20. The molecule has 0 aromatic heterocycles. The molecule has 0 amide bonds. The number of Topliss-reactive ketones (excluding diaryl/α,β-unsaturated/α-hetero) is 1. The second-order valence-electron chi connectivity index (χ2n) is 4.70. The first kappa shape index (κ1) is 14.2. The van der Waals surface area contributed by atoms with E-state index >= 15 is 0 Å². The number of aryl methyl sites for hydroxylation is 2. The van der Waals surface area contributed by atoms with Gasteiger partial charge in [-0.1, -0.05) is 6.07 Å². The van der Waals surface area contributed by atoms with E-state index in [0.717, 1.165) is 23.4 Å². The lowest BCUT2D eigenvalue weighted by molar-refractivity contribution is 0.101. The quantitative estimate of drug-likeness (QED) is 0.858. The number of benzene rings is 2. The highest BCUT2D eigenvalue weighted by Gasteiger charge is 2.09. The van der Waals surface area contributed by atoms with Crippen LogP contribution in [0.1, 0.15) is 21.5 Å². The number of halogens is 2.